The topological polar surface area (TPSA) is 78.5 Å². The number of nitrogens with zero attached hydrogens (tertiary/aromatic N) is 5. The summed E-state index contributed by atoms with van der Waals surface area (Å²) < 4.78 is 4.71. The van der Waals surface area contributed by atoms with Gasteiger partial charge in [-0.1, -0.05) is 12.1 Å². The number of fused-ring (bicyclic) bond motifs is 1. The summed E-state index contributed by atoms with van der Waals surface area (Å²) in [6.45, 7) is 5.63. The Balaban J connectivity index is 1.25. The molecule has 4 rings (SSSR count). The van der Waals surface area contributed by atoms with Gasteiger partial charge in [0.05, 0.1) is 6.10 Å². The Kier molecular flexibility index (Phi) is 5.19. The molecule has 1 aromatic carbocycles. The molecule has 0 amide bonds. The van der Waals surface area contributed by atoms with Crippen LogP contribution in [0, 0.1) is 0 Å². The molecule has 136 valence electrons. The van der Waals surface area contributed by atoms with E-state index in [1.165, 1.54) is 0 Å². The number of rotatable bonds is 6. The Morgan fingerprint density at radius 1 is 1.00 bits per heavy atom. The van der Waals surface area contributed by atoms with Gasteiger partial charge >= 0.3 is 0 Å². The van der Waals surface area contributed by atoms with Gasteiger partial charge in [0.1, 0.15) is 11.0 Å². The van der Waals surface area contributed by atoms with Crippen molar-refractivity contribution in [2.75, 3.05) is 39.3 Å². The Bertz CT molecular complexity index is 830. The third kappa shape index (κ3) is 4.07. The summed E-state index contributed by atoms with van der Waals surface area (Å²) >= 11 is 0. The van der Waals surface area contributed by atoms with Crippen LogP contribution in [0.3, 0.4) is 0 Å². The van der Waals surface area contributed by atoms with Gasteiger partial charge in [-0.25, -0.2) is 4.63 Å². The molecule has 0 aliphatic carbocycles. The Labute approximate surface area is 152 Å². The number of pyridine rings is 1. The summed E-state index contributed by atoms with van der Waals surface area (Å²) in [7, 11) is 0. The fourth-order valence-corrected chi connectivity index (χ4v) is 3.37. The van der Waals surface area contributed by atoms with Crippen molar-refractivity contribution in [2.24, 2.45) is 0 Å². The molecule has 7 nitrogen and oxygen atoms in total. The Morgan fingerprint density at radius 3 is 2.62 bits per heavy atom. The summed E-state index contributed by atoms with van der Waals surface area (Å²) in [5.41, 5.74) is 3.39. The first-order valence-electron chi connectivity index (χ1n) is 9.03. The van der Waals surface area contributed by atoms with Crippen LogP contribution in [0.1, 0.15) is 17.4 Å². The van der Waals surface area contributed by atoms with Crippen LogP contribution < -0.4 is 0 Å². The molecule has 0 bridgehead atoms. The largest absolute Gasteiger partial charge is 0.387 e. The SMILES string of the molecule is OC(CN1CCN(CCc2ccccn2)CC1)c1ccc2nonc2c1. The molecule has 1 aliphatic rings. The number of aromatic nitrogens is 3. The summed E-state index contributed by atoms with van der Waals surface area (Å²) in [6, 6.07) is 11.6. The predicted octanol–water partition coefficient (Wildman–Crippen LogP) is 1.51. The van der Waals surface area contributed by atoms with Crippen LogP contribution >= 0.6 is 0 Å². The van der Waals surface area contributed by atoms with Crippen LogP contribution in [0.5, 0.6) is 0 Å². The normalized spacial score (nSPS) is 17.6. The molecule has 1 unspecified atom stereocenters. The smallest absolute Gasteiger partial charge is 0.135 e. The third-order valence-corrected chi connectivity index (χ3v) is 4.97. The second kappa shape index (κ2) is 7.90. The highest BCUT2D eigenvalue weighted by Crippen LogP contribution is 2.19. The first-order valence-corrected chi connectivity index (χ1v) is 9.03. The van der Waals surface area contributed by atoms with E-state index in [1.54, 1.807) is 0 Å². The molecule has 0 radical (unpaired) electrons. The number of hydrogen-bond donors (Lipinski definition) is 1. The Morgan fingerprint density at radius 2 is 1.81 bits per heavy atom. The highest BCUT2D eigenvalue weighted by molar-refractivity contribution is 5.73. The van der Waals surface area contributed by atoms with Crippen LogP contribution in [0.2, 0.25) is 0 Å². The highest BCUT2D eigenvalue weighted by Gasteiger charge is 2.20. The van der Waals surface area contributed by atoms with Crippen molar-refractivity contribution in [3.8, 4) is 0 Å². The number of aliphatic hydroxyl groups is 1. The zero-order chi connectivity index (χ0) is 17.8. The molecule has 1 atom stereocenters. The average Bonchev–Trinajstić information content (AvgIpc) is 3.16. The molecular weight excluding hydrogens is 330 g/mol. The van der Waals surface area contributed by atoms with E-state index in [0.29, 0.717) is 17.6 Å². The quantitative estimate of drug-likeness (QED) is 0.720. The summed E-state index contributed by atoms with van der Waals surface area (Å²) in [5, 5.41) is 18.2. The van der Waals surface area contributed by atoms with Crippen molar-refractivity contribution in [1.29, 1.82) is 0 Å². The second-order valence-corrected chi connectivity index (χ2v) is 6.74. The van der Waals surface area contributed by atoms with Crippen LogP contribution in [-0.4, -0.2) is 69.5 Å². The molecule has 1 fully saturated rings. The molecule has 0 saturated carbocycles. The average molecular weight is 353 g/mol. The van der Waals surface area contributed by atoms with Gasteiger partial charge in [0.2, 0.25) is 0 Å². The van der Waals surface area contributed by atoms with Crippen molar-refractivity contribution in [3.63, 3.8) is 0 Å². The van der Waals surface area contributed by atoms with Crippen molar-refractivity contribution in [3.05, 3.63) is 53.9 Å². The number of piperazine rings is 1. The number of β-amino-alcohol motifs (C(OH)–C–C–N with tert-alkyl or cyclic N) is 1. The Hall–Kier alpha value is -2.35. The summed E-state index contributed by atoms with van der Waals surface area (Å²) in [4.78, 5) is 9.16. The molecule has 3 aromatic rings. The zero-order valence-electron chi connectivity index (χ0n) is 14.7. The van der Waals surface area contributed by atoms with Gasteiger partial charge in [0.15, 0.2) is 0 Å². The zero-order valence-corrected chi connectivity index (χ0v) is 14.7. The fraction of sp³-hybridized carbons (Fsp3) is 0.421. The van der Waals surface area contributed by atoms with Crippen molar-refractivity contribution in [2.45, 2.75) is 12.5 Å². The van der Waals surface area contributed by atoms with Crippen molar-refractivity contribution < 1.29 is 9.74 Å². The lowest BCUT2D eigenvalue weighted by Crippen LogP contribution is -2.47. The third-order valence-electron chi connectivity index (χ3n) is 4.97. The van der Waals surface area contributed by atoms with Crippen LogP contribution in [0.25, 0.3) is 11.0 Å². The standard InChI is InChI=1S/C19H23N5O2/c25-19(15-4-5-17-18(13-15)22-26-21-17)14-24-11-9-23(10-12-24)8-6-16-3-1-2-7-20-16/h1-5,7,13,19,25H,6,8-12,14H2. The van der Waals surface area contributed by atoms with E-state index in [1.807, 2.05) is 36.5 Å². The first-order chi connectivity index (χ1) is 12.8. The van der Waals surface area contributed by atoms with Gasteiger partial charge in [-0.15, -0.1) is 0 Å². The van der Waals surface area contributed by atoms with E-state index in [2.05, 4.69) is 31.2 Å². The maximum atomic E-state index is 10.5. The van der Waals surface area contributed by atoms with Gasteiger partial charge in [0.25, 0.3) is 0 Å². The van der Waals surface area contributed by atoms with E-state index in [-0.39, 0.29) is 0 Å². The lowest BCUT2D eigenvalue weighted by atomic mass is 10.1. The van der Waals surface area contributed by atoms with E-state index in [4.69, 9.17) is 4.63 Å². The maximum absolute atomic E-state index is 10.5. The molecule has 7 heteroatoms. The molecule has 3 heterocycles. The summed E-state index contributed by atoms with van der Waals surface area (Å²) in [6.07, 6.45) is 2.30. The van der Waals surface area contributed by atoms with Gasteiger partial charge in [-0.3, -0.25) is 9.88 Å². The monoisotopic (exact) mass is 353 g/mol. The molecule has 1 aliphatic heterocycles. The molecule has 26 heavy (non-hydrogen) atoms. The van der Waals surface area contributed by atoms with Gasteiger partial charge in [-0.2, -0.15) is 0 Å². The minimum absolute atomic E-state index is 0.531. The van der Waals surface area contributed by atoms with Gasteiger partial charge in [-0.05, 0) is 40.1 Å². The lowest BCUT2D eigenvalue weighted by Gasteiger charge is -2.35. The number of hydrogen-bond acceptors (Lipinski definition) is 7. The minimum atomic E-state index is -0.531. The van der Waals surface area contributed by atoms with Crippen molar-refractivity contribution >= 4 is 11.0 Å². The first kappa shape index (κ1) is 17.1. The van der Waals surface area contributed by atoms with E-state index >= 15 is 0 Å². The van der Waals surface area contributed by atoms with Crippen molar-refractivity contribution in [1.82, 2.24) is 25.1 Å². The van der Waals surface area contributed by atoms with Crippen LogP contribution in [-0.2, 0) is 6.42 Å². The fourth-order valence-electron chi connectivity index (χ4n) is 3.37. The lowest BCUT2D eigenvalue weighted by molar-refractivity contribution is 0.0729. The minimum Gasteiger partial charge on any atom is -0.387 e. The summed E-state index contributed by atoms with van der Waals surface area (Å²) in [5.74, 6) is 0. The molecule has 1 saturated heterocycles. The highest BCUT2D eigenvalue weighted by atomic mass is 16.6. The van der Waals surface area contributed by atoms with Crippen LogP contribution in [0.4, 0.5) is 0 Å². The number of benzene rings is 1. The molecule has 1 N–H and O–H groups in total. The molecule has 0 spiro atoms. The molecular formula is C19H23N5O2. The van der Waals surface area contributed by atoms with Crippen LogP contribution in [0.15, 0.2) is 47.2 Å². The second-order valence-electron chi connectivity index (χ2n) is 6.74. The van der Waals surface area contributed by atoms with Gasteiger partial charge in [0, 0.05) is 57.6 Å². The maximum Gasteiger partial charge on any atom is 0.135 e. The predicted molar refractivity (Wildman–Crippen MR) is 97.6 cm³/mol. The molecule has 2 aromatic heterocycles. The van der Waals surface area contributed by atoms with Gasteiger partial charge < -0.3 is 10.0 Å². The van der Waals surface area contributed by atoms with E-state index in [9.17, 15) is 5.11 Å². The van der Waals surface area contributed by atoms with E-state index in [0.717, 1.165) is 50.4 Å². The number of aliphatic hydroxyl groups excluding tert-OH is 1. The van der Waals surface area contributed by atoms with E-state index < -0.39 is 6.10 Å².